The molecule has 1 heterocycles. The van der Waals surface area contributed by atoms with Crippen LogP contribution in [0.5, 0.6) is 5.75 Å². The lowest BCUT2D eigenvalue weighted by Gasteiger charge is -2.38. The first-order chi connectivity index (χ1) is 7.90. The van der Waals surface area contributed by atoms with Crippen LogP contribution in [0.15, 0.2) is 18.2 Å². The zero-order chi connectivity index (χ0) is 12.6. The van der Waals surface area contributed by atoms with Gasteiger partial charge in [0.25, 0.3) is 0 Å². The van der Waals surface area contributed by atoms with Crippen LogP contribution in [0.4, 0.5) is 9.18 Å². The maximum atomic E-state index is 13.3. The largest absolute Gasteiger partial charge is 0.505 e. The summed E-state index contributed by atoms with van der Waals surface area (Å²) in [5, 5.41) is 11.8. The fourth-order valence-electron chi connectivity index (χ4n) is 1.93. The van der Waals surface area contributed by atoms with Crippen molar-refractivity contribution in [3.63, 3.8) is 0 Å². The summed E-state index contributed by atoms with van der Waals surface area (Å²) >= 11 is 0. The van der Waals surface area contributed by atoms with Crippen molar-refractivity contribution in [1.29, 1.82) is 0 Å². The molecule has 92 valence electrons. The minimum atomic E-state index is -0.695. The number of hydrogen-bond donors (Lipinski definition) is 2. The molecule has 1 aliphatic heterocycles. The molecule has 2 rings (SSSR count). The predicted molar refractivity (Wildman–Crippen MR) is 59.1 cm³/mol. The Hall–Kier alpha value is -1.78. The molecule has 0 aliphatic carbocycles. The third-order valence-electron chi connectivity index (χ3n) is 2.92. The molecule has 1 amide bonds. The lowest BCUT2D eigenvalue weighted by molar-refractivity contribution is 0.0386. The number of aromatic hydroxyl groups is 1. The lowest BCUT2D eigenvalue weighted by atomic mass is 9.80. The zero-order valence-electron chi connectivity index (χ0n) is 9.66. The maximum absolute atomic E-state index is 13.3. The smallest absolute Gasteiger partial charge is 0.407 e. The molecular weight excluding hydrogens is 225 g/mol. The van der Waals surface area contributed by atoms with Crippen LogP contribution in [-0.4, -0.2) is 17.8 Å². The van der Waals surface area contributed by atoms with Gasteiger partial charge in [0, 0.05) is 5.41 Å². The highest BCUT2D eigenvalue weighted by Gasteiger charge is 2.38. The van der Waals surface area contributed by atoms with E-state index >= 15 is 0 Å². The Kier molecular flexibility index (Phi) is 2.69. The van der Waals surface area contributed by atoms with Crippen molar-refractivity contribution in [3.8, 4) is 5.75 Å². The molecule has 1 saturated heterocycles. The molecule has 0 bridgehead atoms. The van der Waals surface area contributed by atoms with Gasteiger partial charge in [0.1, 0.15) is 6.61 Å². The Labute approximate surface area is 98.4 Å². The number of ether oxygens (including phenoxy) is 1. The van der Waals surface area contributed by atoms with Crippen LogP contribution in [0.3, 0.4) is 0 Å². The van der Waals surface area contributed by atoms with Crippen LogP contribution < -0.4 is 5.32 Å². The summed E-state index contributed by atoms with van der Waals surface area (Å²) in [6, 6.07) is 3.77. The van der Waals surface area contributed by atoms with E-state index in [2.05, 4.69) is 5.32 Å². The number of amides is 1. The second-order valence-corrected chi connectivity index (χ2v) is 4.85. The van der Waals surface area contributed by atoms with Gasteiger partial charge in [-0.05, 0) is 17.7 Å². The molecule has 4 nitrogen and oxygen atoms in total. The van der Waals surface area contributed by atoms with Crippen LogP contribution in [0.2, 0.25) is 0 Å². The lowest BCUT2D eigenvalue weighted by Crippen LogP contribution is -2.46. The van der Waals surface area contributed by atoms with E-state index in [9.17, 15) is 9.18 Å². The Morgan fingerprint density at radius 3 is 2.88 bits per heavy atom. The Morgan fingerprint density at radius 1 is 1.53 bits per heavy atom. The van der Waals surface area contributed by atoms with Gasteiger partial charge in [0.15, 0.2) is 11.6 Å². The quantitative estimate of drug-likeness (QED) is 0.790. The molecule has 1 aromatic rings. The number of halogens is 1. The Morgan fingerprint density at radius 2 is 2.24 bits per heavy atom. The fraction of sp³-hybridized carbons (Fsp3) is 0.417. The van der Waals surface area contributed by atoms with E-state index in [0.29, 0.717) is 5.56 Å². The molecule has 1 aromatic carbocycles. The molecule has 2 N–H and O–H groups in total. The predicted octanol–water partition coefficient (Wildman–Crippen LogP) is 2.34. The van der Waals surface area contributed by atoms with Gasteiger partial charge in [-0.3, -0.25) is 0 Å². The molecule has 0 saturated carbocycles. The van der Waals surface area contributed by atoms with Crippen LogP contribution in [-0.2, 0) is 4.74 Å². The summed E-state index contributed by atoms with van der Waals surface area (Å²) in [5.74, 6) is -1.09. The van der Waals surface area contributed by atoms with Gasteiger partial charge in [-0.1, -0.05) is 19.9 Å². The molecule has 0 aromatic heterocycles. The van der Waals surface area contributed by atoms with Crippen molar-refractivity contribution in [3.05, 3.63) is 29.6 Å². The van der Waals surface area contributed by atoms with E-state index < -0.39 is 17.7 Å². The second kappa shape index (κ2) is 3.91. The standard InChI is InChI=1S/C12H14FNO3/c1-12(2)6-17-11(16)14-10(12)7-3-4-9(15)8(13)5-7/h3-5,10,15H,6H2,1-2H3,(H,14,16)/t10-/m0/s1. The van der Waals surface area contributed by atoms with Crippen molar-refractivity contribution < 1.29 is 19.0 Å². The van der Waals surface area contributed by atoms with Gasteiger partial charge in [-0.25, -0.2) is 9.18 Å². The number of phenols is 1. The Bertz CT molecular complexity index is 459. The highest BCUT2D eigenvalue weighted by molar-refractivity contribution is 5.69. The second-order valence-electron chi connectivity index (χ2n) is 4.85. The first-order valence-electron chi connectivity index (χ1n) is 5.32. The van der Waals surface area contributed by atoms with Gasteiger partial charge < -0.3 is 15.2 Å². The summed E-state index contributed by atoms with van der Waals surface area (Å²) in [4.78, 5) is 11.2. The number of cyclic esters (lactones) is 1. The van der Waals surface area contributed by atoms with E-state index in [1.807, 2.05) is 13.8 Å². The van der Waals surface area contributed by atoms with Crippen molar-refractivity contribution in [2.75, 3.05) is 6.61 Å². The van der Waals surface area contributed by atoms with Crippen LogP contribution in [0.1, 0.15) is 25.5 Å². The monoisotopic (exact) mass is 239 g/mol. The minimum absolute atomic E-state index is 0.270. The summed E-state index contributed by atoms with van der Waals surface area (Å²) in [6.07, 6.45) is -0.511. The first-order valence-corrected chi connectivity index (χ1v) is 5.32. The average molecular weight is 239 g/mol. The molecule has 0 unspecified atom stereocenters. The van der Waals surface area contributed by atoms with Gasteiger partial charge in [-0.2, -0.15) is 0 Å². The Balaban J connectivity index is 2.36. The molecular formula is C12H14FNO3. The molecule has 0 spiro atoms. The molecule has 5 heteroatoms. The van der Waals surface area contributed by atoms with Crippen molar-refractivity contribution >= 4 is 6.09 Å². The molecule has 17 heavy (non-hydrogen) atoms. The van der Waals surface area contributed by atoms with Crippen molar-refractivity contribution in [1.82, 2.24) is 5.32 Å². The van der Waals surface area contributed by atoms with Gasteiger partial charge >= 0.3 is 6.09 Å². The van der Waals surface area contributed by atoms with E-state index in [1.54, 1.807) is 6.07 Å². The SMILES string of the molecule is CC1(C)COC(=O)N[C@H]1c1ccc(O)c(F)c1. The summed E-state index contributed by atoms with van der Waals surface area (Å²) in [5.41, 5.74) is 0.277. The number of nitrogens with one attached hydrogen (secondary N) is 1. The van der Waals surface area contributed by atoms with E-state index in [4.69, 9.17) is 9.84 Å². The number of rotatable bonds is 1. The average Bonchev–Trinajstić information content (AvgIpc) is 2.26. The number of phenolic OH excluding ortho intramolecular Hbond substituents is 1. The number of hydrogen-bond acceptors (Lipinski definition) is 3. The first kappa shape index (κ1) is 11.7. The molecule has 1 fully saturated rings. The minimum Gasteiger partial charge on any atom is -0.505 e. The summed E-state index contributed by atoms with van der Waals surface area (Å²) in [7, 11) is 0. The third-order valence-corrected chi connectivity index (χ3v) is 2.92. The maximum Gasteiger partial charge on any atom is 0.407 e. The van der Waals surface area contributed by atoms with Crippen molar-refractivity contribution in [2.45, 2.75) is 19.9 Å². The van der Waals surface area contributed by atoms with Crippen LogP contribution in [0.25, 0.3) is 0 Å². The highest BCUT2D eigenvalue weighted by atomic mass is 19.1. The van der Waals surface area contributed by atoms with Gasteiger partial charge in [-0.15, -0.1) is 0 Å². The van der Waals surface area contributed by atoms with E-state index in [0.717, 1.165) is 0 Å². The van der Waals surface area contributed by atoms with E-state index in [1.165, 1.54) is 12.1 Å². The molecule has 1 aliphatic rings. The highest BCUT2D eigenvalue weighted by Crippen LogP contribution is 2.37. The van der Waals surface area contributed by atoms with Crippen LogP contribution in [0, 0.1) is 11.2 Å². The number of carbonyl (C=O) groups excluding carboxylic acids is 1. The van der Waals surface area contributed by atoms with Gasteiger partial charge in [0.05, 0.1) is 6.04 Å². The zero-order valence-corrected chi connectivity index (χ0v) is 9.66. The van der Waals surface area contributed by atoms with E-state index in [-0.39, 0.29) is 18.1 Å². The summed E-state index contributed by atoms with van der Waals surface area (Å²) in [6.45, 7) is 4.11. The number of carbonyl (C=O) groups is 1. The fourth-order valence-corrected chi connectivity index (χ4v) is 1.93. The topological polar surface area (TPSA) is 58.6 Å². The third kappa shape index (κ3) is 2.18. The van der Waals surface area contributed by atoms with Crippen molar-refractivity contribution in [2.24, 2.45) is 5.41 Å². The summed E-state index contributed by atoms with van der Waals surface area (Å²) < 4.78 is 18.2. The molecule has 0 radical (unpaired) electrons. The number of alkyl carbamates (subject to hydrolysis) is 1. The normalized spacial score (nSPS) is 22.8. The molecule has 1 atom stereocenters. The van der Waals surface area contributed by atoms with Gasteiger partial charge in [0.2, 0.25) is 0 Å². The van der Waals surface area contributed by atoms with Crippen LogP contribution >= 0.6 is 0 Å². The number of benzene rings is 1.